The van der Waals surface area contributed by atoms with Gasteiger partial charge in [0.15, 0.2) is 0 Å². The molecular weight excluding hydrogens is 190 g/mol. The van der Waals surface area contributed by atoms with E-state index >= 15 is 0 Å². The number of piperidine rings is 1. The Morgan fingerprint density at radius 1 is 1.60 bits per heavy atom. The molecule has 1 aromatic rings. The van der Waals surface area contributed by atoms with E-state index in [9.17, 15) is 5.11 Å². The van der Waals surface area contributed by atoms with Crippen molar-refractivity contribution < 1.29 is 5.11 Å². The van der Waals surface area contributed by atoms with Crippen LogP contribution in [0.25, 0.3) is 0 Å². The lowest BCUT2D eigenvalue weighted by Gasteiger charge is -2.37. The molecule has 1 aliphatic heterocycles. The predicted molar refractivity (Wildman–Crippen MR) is 60.7 cm³/mol. The number of aromatic nitrogens is 1. The lowest BCUT2D eigenvalue weighted by atomic mass is 9.95. The van der Waals surface area contributed by atoms with E-state index in [1.165, 1.54) is 0 Å². The number of nitrogen functional groups attached to an aromatic ring is 1. The number of nitrogens with two attached hydrogens (primary N) is 1. The second-order valence-corrected chi connectivity index (χ2v) is 4.47. The van der Waals surface area contributed by atoms with Crippen molar-refractivity contribution in [2.75, 3.05) is 23.7 Å². The number of hydrogen-bond acceptors (Lipinski definition) is 4. The normalized spacial score (nSPS) is 26.7. The fraction of sp³-hybridized carbons (Fsp3) is 0.545. The van der Waals surface area contributed by atoms with Crippen molar-refractivity contribution >= 4 is 11.5 Å². The molecule has 3 N–H and O–H groups in total. The van der Waals surface area contributed by atoms with Gasteiger partial charge in [-0.1, -0.05) is 0 Å². The zero-order chi connectivity index (χ0) is 10.9. The first kappa shape index (κ1) is 10.2. The third kappa shape index (κ3) is 2.39. The van der Waals surface area contributed by atoms with Crippen LogP contribution >= 0.6 is 0 Å². The van der Waals surface area contributed by atoms with Gasteiger partial charge < -0.3 is 15.7 Å². The molecule has 0 saturated carbocycles. The summed E-state index contributed by atoms with van der Waals surface area (Å²) < 4.78 is 0. The first-order valence-electron chi connectivity index (χ1n) is 5.26. The van der Waals surface area contributed by atoms with Gasteiger partial charge in [-0.15, -0.1) is 0 Å². The highest BCUT2D eigenvalue weighted by Crippen LogP contribution is 2.24. The summed E-state index contributed by atoms with van der Waals surface area (Å²) in [6.07, 6.45) is 3.54. The van der Waals surface area contributed by atoms with E-state index in [0.717, 1.165) is 25.2 Å². The first-order chi connectivity index (χ1) is 7.07. The van der Waals surface area contributed by atoms with Crippen LogP contribution in [0.2, 0.25) is 0 Å². The molecule has 0 aliphatic carbocycles. The summed E-state index contributed by atoms with van der Waals surface area (Å²) in [5.74, 6) is 0.856. The summed E-state index contributed by atoms with van der Waals surface area (Å²) in [4.78, 5) is 6.35. The molecule has 1 aliphatic rings. The van der Waals surface area contributed by atoms with Crippen molar-refractivity contribution in [2.45, 2.75) is 25.4 Å². The Morgan fingerprint density at radius 2 is 2.40 bits per heavy atom. The fourth-order valence-corrected chi connectivity index (χ4v) is 2.02. The van der Waals surface area contributed by atoms with E-state index in [4.69, 9.17) is 5.73 Å². The molecular formula is C11H17N3O. The minimum Gasteiger partial charge on any atom is -0.399 e. The van der Waals surface area contributed by atoms with Crippen molar-refractivity contribution in [1.29, 1.82) is 0 Å². The minimum absolute atomic E-state index is 0.607. The SMILES string of the molecule is CC1(O)CCCN(c2cc(N)ccn2)C1. The molecule has 15 heavy (non-hydrogen) atoms. The van der Waals surface area contributed by atoms with Gasteiger partial charge in [0.25, 0.3) is 0 Å². The van der Waals surface area contributed by atoms with Gasteiger partial charge in [0.2, 0.25) is 0 Å². The maximum absolute atomic E-state index is 9.97. The topological polar surface area (TPSA) is 62.4 Å². The second-order valence-electron chi connectivity index (χ2n) is 4.47. The molecule has 4 nitrogen and oxygen atoms in total. The van der Waals surface area contributed by atoms with Crippen molar-refractivity contribution in [2.24, 2.45) is 0 Å². The van der Waals surface area contributed by atoms with Crippen molar-refractivity contribution in [3.05, 3.63) is 18.3 Å². The predicted octanol–water partition coefficient (Wildman–Crippen LogP) is 1.02. The lowest BCUT2D eigenvalue weighted by Crippen LogP contribution is -2.46. The Morgan fingerprint density at radius 3 is 3.07 bits per heavy atom. The van der Waals surface area contributed by atoms with Gasteiger partial charge >= 0.3 is 0 Å². The summed E-state index contributed by atoms with van der Waals surface area (Å²) in [7, 11) is 0. The number of aliphatic hydroxyl groups is 1. The molecule has 4 heteroatoms. The summed E-state index contributed by atoms with van der Waals surface area (Å²) >= 11 is 0. The molecule has 0 radical (unpaired) electrons. The van der Waals surface area contributed by atoms with Gasteiger partial charge in [0.1, 0.15) is 5.82 Å². The van der Waals surface area contributed by atoms with Crippen LogP contribution < -0.4 is 10.6 Å². The summed E-state index contributed by atoms with van der Waals surface area (Å²) in [6.45, 7) is 3.43. The average Bonchev–Trinajstić information content (AvgIpc) is 2.16. The van der Waals surface area contributed by atoms with Gasteiger partial charge in [0, 0.05) is 31.0 Å². The number of nitrogens with zero attached hydrogens (tertiary/aromatic N) is 2. The summed E-state index contributed by atoms with van der Waals surface area (Å²) in [5, 5.41) is 9.97. The minimum atomic E-state index is -0.607. The van der Waals surface area contributed by atoms with E-state index in [0.29, 0.717) is 12.2 Å². The zero-order valence-electron chi connectivity index (χ0n) is 8.98. The Kier molecular flexibility index (Phi) is 2.52. The molecule has 1 atom stereocenters. The lowest BCUT2D eigenvalue weighted by molar-refractivity contribution is 0.0447. The largest absolute Gasteiger partial charge is 0.399 e. The summed E-state index contributed by atoms with van der Waals surface area (Å²) in [5.41, 5.74) is 5.81. The molecule has 1 saturated heterocycles. The van der Waals surface area contributed by atoms with Crippen LogP contribution in [-0.2, 0) is 0 Å². The van der Waals surface area contributed by atoms with Crippen molar-refractivity contribution in [1.82, 2.24) is 4.98 Å². The van der Waals surface area contributed by atoms with Crippen LogP contribution in [0.1, 0.15) is 19.8 Å². The Labute approximate surface area is 89.7 Å². The van der Waals surface area contributed by atoms with E-state index in [1.54, 1.807) is 12.3 Å². The van der Waals surface area contributed by atoms with Gasteiger partial charge in [-0.05, 0) is 25.8 Å². The van der Waals surface area contributed by atoms with Gasteiger partial charge in [-0.25, -0.2) is 4.98 Å². The number of β-amino-alcohol motifs (C(OH)–C–C–N with tert-alkyl or cyclic N) is 1. The smallest absolute Gasteiger partial charge is 0.130 e. The van der Waals surface area contributed by atoms with E-state index in [-0.39, 0.29) is 0 Å². The third-order valence-electron chi connectivity index (χ3n) is 2.77. The molecule has 1 unspecified atom stereocenters. The molecule has 82 valence electrons. The van der Waals surface area contributed by atoms with E-state index < -0.39 is 5.60 Å². The highest BCUT2D eigenvalue weighted by atomic mass is 16.3. The molecule has 2 rings (SSSR count). The highest BCUT2D eigenvalue weighted by Gasteiger charge is 2.28. The summed E-state index contributed by atoms with van der Waals surface area (Å²) in [6, 6.07) is 3.62. The average molecular weight is 207 g/mol. The number of anilines is 2. The third-order valence-corrected chi connectivity index (χ3v) is 2.77. The van der Waals surface area contributed by atoms with Crippen molar-refractivity contribution in [3.8, 4) is 0 Å². The van der Waals surface area contributed by atoms with Gasteiger partial charge in [-0.3, -0.25) is 0 Å². The van der Waals surface area contributed by atoms with Crippen LogP contribution in [0, 0.1) is 0 Å². The Balaban J connectivity index is 2.17. The second kappa shape index (κ2) is 3.70. The van der Waals surface area contributed by atoms with Crippen molar-refractivity contribution in [3.63, 3.8) is 0 Å². The fourth-order valence-electron chi connectivity index (χ4n) is 2.02. The Bertz CT molecular complexity index is 351. The molecule has 1 fully saturated rings. The first-order valence-corrected chi connectivity index (χ1v) is 5.26. The monoisotopic (exact) mass is 207 g/mol. The highest BCUT2D eigenvalue weighted by molar-refractivity contribution is 5.50. The number of hydrogen-bond donors (Lipinski definition) is 2. The zero-order valence-corrected chi connectivity index (χ0v) is 8.98. The molecule has 0 aromatic carbocycles. The van der Waals surface area contributed by atoms with Gasteiger partial charge in [0.05, 0.1) is 5.60 Å². The standard InChI is InChI=1S/C11H17N3O/c1-11(15)4-2-6-14(8-11)10-7-9(12)3-5-13-10/h3,5,7,15H,2,4,6,8H2,1H3,(H2,12,13). The molecule has 0 bridgehead atoms. The number of rotatable bonds is 1. The molecule has 2 heterocycles. The number of pyridine rings is 1. The molecule has 0 amide bonds. The van der Waals surface area contributed by atoms with Gasteiger partial charge in [-0.2, -0.15) is 0 Å². The van der Waals surface area contributed by atoms with Crippen LogP contribution in [0.4, 0.5) is 11.5 Å². The van der Waals surface area contributed by atoms with Crippen LogP contribution in [0.3, 0.4) is 0 Å². The van der Waals surface area contributed by atoms with E-state index in [2.05, 4.69) is 9.88 Å². The molecule has 0 spiro atoms. The Hall–Kier alpha value is -1.29. The van der Waals surface area contributed by atoms with Crippen LogP contribution in [0.15, 0.2) is 18.3 Å². The quantitative estimate of drug-likeness (QED) is 0.721. The maximum Gasteiger partial charge on any atom is 0.130 e. The van der Waals surface area contributed by atoms with Crippen LogP contribution in [-0.4, -0.2) is 28.8 Å². The van der Waals surface area contributed by atoms with Crippen LogP contribution in [0.5, 0.6) is 0 Å². The maximum atomic E-state index is 9.97. The molecule has 1 aromatic heterocycles. The van der Waals surface area contributed by atoms with E-state index in [1.807, 2.05) is 13.0 Å².